The average Bonchev–Trinajstić information content (AvgIpc) is 2.57. The molecule has 0 unspecified atom stereocenters. The summed E-state index contributed by atoms with van der Waals surface area (Å²) in [4.78, 5) is 28.6. The molecule has 0 saturated carbocycles. The van der Waals surface area contributed by atoms with Crippen LogP contribution in [-0.2, 0) is 6.54 Å². The Morgan fingerprint density at radius 1 is 1.32 bits per heavy atom. The van der Waals surface area contributed by atoms with E-state index in [1.807, 2.05) is 0 Å². The number of fused-ring (bicyclic) bond motifs is 1. The number of nitro groups is 1. The van der Waals surface area contributed by atoms with Gasteiger partial charge in [0.15, 0.2) is 0 Å². The maximum Gasteiger partial charge on any atom is 0.376 e. The zero-order valence-corrected chi connectivity index (χ0v) is 13.8. The third-order valence-corrected chi connectivity index (χ3v) is 4.05. The summed E-state index contributed by atoms with van der Waals surface area (Å²) in [6.45, 7) is -0.0816. The summed E-state index contributed by atoms with van der Waals surface area (Å²) in [5.41, 5.74) is -1.08. The van der Waals surface area contributed by atoms with Crippen LogP contribution in [0.25, 0.3) is 5.65 Å². The van der Waals surface area contributed by atoms with Crippen LogP contribution in [0.15, 0.2) is 47.4 Å². The zero-order chi connectivity index (χ0) is 18.1. The second-order valence-electron chi connectivity index (χ2n) is 5.33. The van der Waals surface area contributed by atoms with E-state index in [0.29, 0.717) is 0 Å². The smallest absolute Gasteiger partial charge is 0.349 e. The molecule has 0 saturated heterocycles. The molecule has 1 aromatic carbocycles. The lowest BCUT2D eigenvalue weighted by Gasteiger charge is -2.19. The number of benzene rings is 1. The maximum absolute atomic E-state index is 14.0. The van der Waals surface area contributed by atoms with Crippen LogP contribution in [0.5, 0.6) is 0 Å². The van der Waals surface area contributed by atoms with Crippen LogP contribution >= 0.6 is 11.6 Å². The summed E-state index contributed by atoms with van der Waals surface area (Å²) in [5, 5.41) is 11.6. The van der Waals surface area contributed by atoms with E-state index in [1.54, 1.807) is 18.2 Å². The first-order valence-electron chi connectivity index (χ1n) is 7.20. The van der Waals surface area contributed by atoms with Gasteiger partial charge in [0.1, 0.15) is 11.5 Å². The fraction of sp³-hybridized carbons (Fsp3) is 0.125. The van der Waals surface area contributed by atoms with Gasteiger partial charge < -0.3 is 4.90 Å². The van der Waals surface area contributed by atoms with E-state index in [9.17, 15) is 19.3 Å². The molecule has 0 radical (unpaired) electrons. The summed E-state index contributed by atoms with van der Waals surface area (Å²) >= 11 is 6.00. The van der Waals surface area contributed by atoms with Gasteiger partial charge in [0.25, 0.3) is 0 Å². The SMILES string of the molecule is CN(Cc1c(F)cccc1Cl)c1nc2ccccn2c(=O)c1[N+](=O)[O-]. The molecule has 3 aromatic rings. The first-order chi connectivity index (χ1) is 11.9. The quantitative estimate of drug-likeness (QED) is 0.526. The molecule has 3 rings (SSSR count). The largest absolute Gasteiger partial charge is 0.376 e. The highest BCUT2D eigenvalue weighted by Crippen LogP contribution is 2.26. The standard InChI is InChI=1S/C16H12ClFN4O3/c1-20(9-10-11(17)5-4-6-12(10)18)15-14(22(24)25)16(23)21-8-3-2-7-13(21)19-15/h2-8H,9H2,1H3. The molecular formula is C16H12ClFN4O3. The topological polar surface area (TPSA) is 80.8 Å². The third kappa shape index (κ3) is 3.03. The molecule has 0 spiro atoms. The number of hydrogen-bond acceptors (Lipinski definition) is 5. The van der Waals surface area contributed by atoms with Crippen LogP contribution in [-0.4, -0.2) is 21.4 Å². The van der Waals surface area contributed by atoms with E-state index >= 15 is 0 Å². The van der Waals surface area contributed by atoms with Crippen LogP contribution in [0.4, 0.5) is 15.9 Å². The van der Waals surface area contributed by atoms with Crippen molar-refractivity contribution >= 4 is 28.8 Å². The summed E-state index contributed by atoms with van der Waals surface area (Å²) in [6.07, 6.45) is 1.40. The van der Waals surface area contributed by atoms with Crippen molar-refractivity contribution in [1.82, 2.24) is 9.38 Å². The van der Waals surface area contributed by atoms with Crippen molar-refractivity contribution in [1.29, 1.82) is 0 Å². The highest BCUT2D eigenvalue weighted by molar-refractivity contribution is 6.31. The van der Waals surface area contributed by atoms with Gasteiger partial charge in [-0.1, -0.05) is 23.7 Å². The minimum atomic E-state index is -0.808. The third-order valence-electron chi connectivity index (χ3n) is 3.69. The molecule has 2 heterocycles. The number of anilines is 1. The van der Waals surface area contributed by atoms with Gasteiger partial charge >= 0.3 is 11.2 Å². The number of halogens is 2. The van der Waals surface area contributed by atoms with Gasteiger partial charge in [0.2, 0.25) is 5.82 Å². The monoisotopic (exact) mass is 362 g/mol. The zero-order valence-electron chi connectivity index (χ0n) is 13.0. The molecule has 0 aliphatic heterocycles. The van der Waals surface area contributed by atoms with Crippen molar-refractivity contribution in [2.24, 2.45) is 0 Å². The number of aromatic nitrogens is 2. The summed E-state index contributed by atoms with van der Waals surface area (Å²) in [5.74, 6) is -0.694. The molecule has 2 aromatic heterocycles. The molecule has 0 aliphatic carbocycles. The molecule has 0 atom stereocenters. The maximum atomic E-state index is 14.0. The fourth-order valence-electron chi connectivity index (χ4n) is 2.49. The molecular weight excluding hydrogens is 351 g/mol. The van der Waals surface area contributed by atoms with Gasteiger partial charge in [-0.25, -0.2) is 9.37 Å². The lowest BCUT2D eigenvalue weighted by molar-refractivity contribution is -0.385. The van der Waals surface area contributed by atoms with Crippen molar-refractivity contribution in [2.75, 3.05) is 11.9 Å². The Labute approximate surface area is 146 Å². The van der Waals surface area contributed by atoms with Gasteiger partial charge in [-0.05, 0) is 24.3 Å². The highest BCUT2D eigenvalue weighted by atomic mass is 35.5. The minimum absolute atomic E-state index is 0.0816. The predicted molar refractivity (Wildman–Crippen MR) is 91.6 cm³/mol. The average molecular weight is 363 g/mol. The van der Waals surface area contributed by atoms with E-state index in [0.717, 1.165) is 4.40 Å². The molecule has 0 bridgehead atoms. The number of hydrogen-bond donors (Lipinski definition) is 0. The van der Waals surface area contributed by atoms with Crippen molar-refractivity contribution in [2.45, 2.75) is 6.54 Å². The van der Waals surface area contributed by atoms with Crippen molar-refractivity contribution in [3.05, 3.63) is 79.5 Å². The molecule has 0 fully saturated rings. The molecule has 25 heavy (non-hydrogen) atoms. The Morgan fingerprint density at radius 3 is 2.76 bits per heavy atom. The number of rotatable bonds is 4. The molecule has 128 valence electrons. The number of pyridine rings is 1. The van der Waals surface area contributed by atoms with Crippen LogP contribution in [0.1, 0.15) is 5.56 Å². The second-order valence-corrected chi connectivity index (χ2v) is 5.74. The highest BCUT2D eigenvalue weighted by Gasteiger charge is 2.26. The van der Waals surface area contributed by atoms with Crippen molar-refractivity contribution in [3.8, 4) is 0 Å². The van der Waals surface area contributed by atoms with Gasteiger partial charge in [0.05, 0.1) is 4.92 Å². The van der Waals surface area contributed by atoms with E-state index in [1.165, 1.54) is 36.3 Å². The van der Waals surface area contributed by atoms with Gasteiger partial charge in [-0.3, -0.25) is 19.3 Å². The Balaban J connectivity index is 2.15. The van der Waals surface area contributed by atoms with E-state index < -0.39 is 22.0 Å². The van der Waals surface area contributed by atoms with Crippen molar-refractivity contribution in [3.63, 3.8) is 0 Å². The Kier molecular flexibility index (Phi) is 4.37. The Morgan fingerprint density at radius 2 is 2.08 bits per heavy atom. The van der Waals surface area contributed by atoms with Crippen LogP contribution in [0.3, 0.4) is 0 Å². The molecule has 0 aliphatic rings. The first kappa shape index (κ1) is 16.8. The van der Waals surface area contributed by atoms with Crippen LogP contribution < -0.4 is 10.5 Å². The van der Waals surface area contributed by atoms with Gasteiger partial charge in [-0.2, -0.15) is 0 Å². The minimum Gasteiger partial charge on any atom is -0.349 e. The molecule has 0 N–H and O–H groups in total. The van der Waals surface area contributed by atoms with E-state index in [-0.39, 0.29) is 28.6 Å². The Bertz CT molecular complexity index is 1020. The number of nitrogens with zero attached hydrogens (tertiary/aromatic N) is 4. The molecule has 9 heteroatoms. The van der Waals surface area contributed by atoms with Crippen LogP contribution in [0.2, 0.25) is 5.02 Å². The normalized spacial score (nSPS) is 10.8. The predicted octanol–water partition coefficient (Wildman–Crippen LogP) is 3.03. The fourth-order valence-corrected chi connectivity index (χ4v) is 2.71. The first-order valence-corrected chi connectivity index (χ1v) is 7.57. The summed E-state index contributed by atoms with van der Waals surface area (Å²) < 4.78 is 15.1. The van der Waals surface area contributed by atoms with Crippen molar-refractivity contribution < 1.29 is 9.31 Å². The Hall–Kier alpha value is -3.00. The van der Waals surface area contributed by atoms with E-state index in [4.69, 9.17) is 11.6 Å². The summed E-state index contributed by atoms with van der Waals surface area (Å²) in [6, 6.07) is 9.01. The summed E-state index contributed by atoms with van der Waals surface area (Å²) in [7, 11) is 1.48. The van der Waals surface area contributed by atoms with Crippen LogP contribution in [0, 0.1) is 15.9 Å². The second kappa shape index (κ2) is 6.48. The van der Waals surface area contributed by atoms with E-state index in [2.05, 4.69) is 4.98 Å². The van der Waals surface area contributed by atoms with Gasteiger partial charge in [0, 0.05) is 30.4 Å². The van der Waals surface area contributed by atoms with Gasteiger partial charge in [-0.15, -0.1) is 0 Å². The molecule has 7 nitrogen and oxygen atoms in total. The lowest BCUT2D eigenvalue weighted by Crippen LogP contribution is -2.26. The molecule has 0 amide bonds. The lowest BCUT2D eigenvalue weighted by atomic mass is 10.2.